The number of amides is 1. The van der Waals surface area contributed by atoms with Gasteiger partial charge in [0.25, 0.3) is 0 Å². The first-order valence-corrected chi connectivity index (χ1v) is 6.84. The first-order chi connectivity index (χ1) is 9.06. The summed E-state index contributed by atoms with van der Waals surface area (Å²) in [5.74, 6) is 0.889. The van der Waals surface area contributed by atoms with Crippen molar-refractivity contribution in [2.75, 3.05) is 13.6 Å². The van der Waals surface area contributed by atoms with Crippen molar-refractivity contribution < 1.29 is 9.90 Å². The standard InChI is InChI=1S/C15H22N2O2/c1-17(10-12-3-2-4-12)15(19)14(16)9-11-5-7-13(18)8-6-11/h5-8,12,14,18H,2-4,9-10,16H2,1H3/t14-/m0/s1. The monoisotopic (exact) mass is 262 g/mol. The smallest absolute Gasteiger partial charge is 0.239 e. The lowest BCUT2D eigenvalue weighted by molar-refractivity contribution is -0.132. The summed E-state index contributed by atoms with van der Waals surface area (Å²) < 4.78 is 0. The minimum absolute atomic E-state index is 0.0000231. The molecule has 1 amide bonds. The highest BCUT2D eigenvalue weighted by Gasteiger charge is 2.24. The molecule has 0 spiro atoms. The zero-order valence-electron chi connectivity index (χ0n) is 11.4. The van der Waals surface area contributed by atoms with Gasteiger partial charge in [-0.1, -0.05) is 18.6 Å². The van der Waals surface area contributed by atoms with Crippen LogP contribution in [0.3, 0.4) is 0 Å². The topological polar surface area (TPSA) is 66.6 Å². The summed E-state index contributed by atoms with van der Waals surface area (Å²) >= 11 is 0. The van der Waals surface area contributed by atoms with Crippen LogP contribution < -0.4 is 5.73 Å². The van der Waals surface area contributed by atoms with Gasteiger partial charge in [-0.3, -0.25) is 4.79 Å². The van der Waals surface area contributed by atoms with Crippen molar-refractivity contribution >= 4 is 5.91 Å². The Bertz CT molecular complexity index is 426. The Morgan fingerprint density at radius 3 is 2.58 bits per heavy atom. The number of nitrogens with zero attached hydrogens (tertiary/aromatic N) is 1. The summed E-state index contributed by atoms with van der Waals surface area (Å²) in [7, 11) is 1.83. The summed E-state index contributed by atoms with van der Waals surface area (Å²) in [6, 6.07) is 6.33. The summed E-state index contributed by atoms with van der Waals surface area (Å²) in [4.78, 5) is 13.9. The molecule has 3 N–H and O–H groups in total. The third kappa shape index (κ3) is 3.70. The van der Waals surface area contributed by atoms with Gasteiger partial charge in [0.1, 0.15) is 5.75 Å². The molecule has 1 saturated carbocycles. The van der Waals surface area contributed by atoms with Crippen LogP contribution in [0.5, 0.6) is 5.75 Å². The maximum absolute atomic E-state index is 12.1. The van der Waals surface area contributed by atoms with Gasteiger partial charge in [-0.05, 0) is 42.9 Å². The van der Waals surface area contributed by atoms with E-state index in [-0.39, 0.29) is 11.7 Å². The van der Waals surface area contributed by atoms with Gasteiger partial charge in [0.15, 0.2) is 0 Å². The molecule has 1 atom stereocenters. The third-order valence-electron chi connectivity index (χ3n) is 3.84. The fourth-order valence-corrected chi connectivity index (χ4v) is 2.41. The highest BCUT2D eigenvalue weighted by molar-refractivity contribution is 5.81. The average Bonchev–Trinajstić information content (AvgIpc) is 2.35. The number of nitrogens with two attached hydrogens (primary N) is 1. The molecule has 4 nitrogen and oxygen atoms in total. The zero-order valence-corrected chi connectivity index (χ0v) is 11.4. The zero-order chi connectivity index (χ0) is 13.8. The van der Waals surface area contributed by atoms with E-state index in [4.69, 9.17) is 5.73 Å². The van der Waals surface area contributed by atoms with E-state index in [1.165, 1.54) is 19.3 Å². The number of phenolic OH excluding ortho intramolecular Hbond substituents is 1. The van der Waals surface area contributed by atoms with Crippen LogP contribution in [0.15, 0.2) is 24.3 Å². The number of benzene rings is 1. The maximum atomic E-state index is 12.1. The normalized spacial score (nSPS) is 16.7. The van der Waals surface area contributed by atoms with Gasteiger partial charge in [-0.2, -0.15) is 0 Å². The van der Waals surface area contributed by atoms with Crippen LogP contribution in [0.1, 0.15) is 24.8 Å². The van der Waals surface area contributed by atoms with Gasteiger partial charge >= 0.3 is 0 Å². The Morgan fingerprint density at radius 2 is 2.05 bits per heavy atom. The van der Waals surface area contributed by atoms with Gasteiger partial charge in [0.2, 0.25) is 5.91 Å². The number of likely N-dealkylation sites (N-methyl/N-ethyl adjacent to an activating group) is 1. The summed E-state index contributed by atoms with van der Waals surface area (Å²) in [5.41, 5.74) is 6.94. The first-order valence-electron chi connectivity index (χ1n) is 6.84. The van der Waals surface area contributed by atoms with Crippen molar-refractivity contribution in [2.24, 2.45) is 11.7 Å². The molecular weight excluding hydrogens is 240 g/mol. The molecule has 4 heteroatoms. The molecule has 1 aliphatic rings. The molecule has 0 aliphatic heterocycles. The van der Waals surface area contributed by atoms with Crippen molar-refractivity contribution in [1.82, 2.24) is 4.90 Å². The predicted molar refractivity (Wildman–Crippen MR) is 74.8 cm³/mol. The second-order valence-electron chi connectivity index (χ2n) is 5.49. The van der Waals surface area contributed by atoms with Crippen LogP contribution in [-0.4, -0.2) is 35.5 Å². The minimum Gasteiger partial charge on any atom is -0.508 e. The van der Waals surface area contributed by atoms with Crippen LogP contribution in [0.4, 0.5) is 0 Å². The third-order valence-corrected chi connectivity index (χ3v) is 3.84. The SMILES string of the molecule is CN(CC1CCC1)C(=O)[C@@H](N)Cc1ccc(O)cc1. The second kappa shape index (κ2) is 6.06. The molecule has 1 aromatic rings. The summed E-state index contributed by atoms with van der Waals surface area (Å²) in [5, 5.41) is 9.21. The summed E-state index contributed by atoms with van der Waals surface area (Å²) in [6.07, 6.45) is 4.25. The number of aromatic hydroxyl groups is 1. The number of hydrogen-bond donors (Lipinski definition) is 2. The molecule has 1 aromatic carbocycles. The van der Waals surface area contributed by atoms with Crippen molar-refractivity contribution in [1.29, 1.82) is 0 Å². The lowest BCUT2D eigenvalue weighted by Crippen LogP contribution is -2.45. The van der Waals surface area contributed by atoms with Crippen LogP contribution in [0, 0.1) is 5.92 Å². The van der Waals surface area contributed by atoms with E-state index in [1.54, 1.807) is 29.2 Å². The molecule has 0 radical (unpaired) electrons. The van der Waals surface area contributed by atoms with E-state index in [2.05, 4.69) is 0 Å². The molecular formula is C15H22N2O2. The van der Waals surface area contributed by atoms with Crippen molar-refractivity contribution in [2.45, 2.75) is 31.7 Å². The quantitative estimate of drug-likeness (QED) is 0.845. The second-order valence-corrected chi connectivity index (χ2v) is 5.49. The molecule has 0 heterocycles. The van der Waals surface area contributed by atoms with Gasteiger partial charge in [-0.15, -0.1) is 0 Å². The van der Waals surface area contributed by atoms with Crippen molar-refractivity contribution in [3.63, 3.8) is 0 Å². The van der Waals surface area contributed by atoms with Crippen LogP contribution in [0.25, 0.3) is 0 Å². The van der Waals surface area contributed by atoms with E-state index in [0.717, 1.165) is 12.1 Å². The Kier molecular flexibility index (Phi) is 4.43. The number of hydrogen-bond acceptors (Lipinski definition) is 3. The lowest BCUT2D eigenvalue weighted by Gasteiger charge is -2.31. The molecule has 0 bridgehead atoms. The Labute approximate surface area is 114 Å². The maximum Gasteiger partial charge on any atom is 0.239 e. The van der Waals surface area contributed by atoms with Crippen LogP contribution >= 0.6 is 0 Å². The molecule has 2 rings (SSSR count). The Hall–Kier alpha value is -1.55. The molecule has 0 unspecified atom stereocenters. The van der Waals surface area contributed by atoms with Crippen molar-refractivity contribution in [3.8, 4) is 5.75 Å². The molecule has 1 aliphatic carbocycles. The number of phenols is 1. The Balaban J connectivity index is 1.85. The number of carbonyl (C=O) groups is 1. The van der Waals surface area contributed by atoms with Gasteiger partial charge in [0.05, 0.1) is 6.04 Å². The lowest BCUT2D eigenvalue weighted by atomic mass is 9.85. The molecule has 104 valence electrons. The molecule has 0 saturated heterocycles. The van der Waals surface area contributed by atoms with Crippen LogP contribution in [-0.2, 0) is 11.2 Å². The fourth-order valence-electron chi connectivity index (χ4n) is 2.41. The van der Waals surface area contributed by atoms with E-state index >= 15 is 0 Å². The van der Waals surface area contributed by atoms with Gasteiger partial charge in [-0.25, -0.2) is 0 Å². The first kappa shape index (κ1) is 13.9. The van der Waals surface area contributed by atoms with E-state index in [0.29, 0.717) is 12.3 Å². The van der Waals surface area contributed by atoms with Crippen molar-refractivity contribution in [3.05, 3.63) is 29.8 Å². The minimum atomic E-state index is -0.505. The van der Waals surface area contributed by atoms with E-state index < -0.39 is 6.04 Å². The highest BCUT2D eigenvalue weighted by Crippen LogP contribution is 2.26. The average molecular weight is 262 g/mol. The molecule has 19 heavy (non-hydrogen) atoms. The molecule has 1 fully saturated rings. The largest absolute Gasteiger partial charge is 0.508 e. The summed E-state index contributed by atoms with van der Waals surface area (Å²) in [6.45, 7) is 0.822. The molecule has 0 aromatic heterocycles. The number of rotatable bonds is 5. The fraction of sp³-hybridized carbons (Fsp3) is 0.533. The van der Waals surface area contributed by atoms with E-state index in [9.17, 15) is 9.90 Å². The predicted octanol–water partition coefficient (Wildman–Crippen LogP) is 1.52. The van der Waals surface area contributed by atoms with Crippen LogP contribution in [0.2, 0.25) is 0 Å². The Morgan fingerprint density at radius 1 is 1.42 bits per heavy atom. The van der Waals surface area contributed by atoms with Gasteiger partial charge < -0.3 is 15.7 Å². The highest BCUT2D eigenvalue weighted by atomic mass is 16.3. The number of carbonyl (C=O) groups excluding carboxylic acids is 1. The van der Waals surface area contributed by atoms with E-state index in [1.807, 2.05) is 7.05 Å². The van der Waals surface area contributed by atoms with Gasteiger partial charge in [0, 0.05) is 13.6 Å².